The van der Waals surface area contributed by atoms with Gasteiger partial charge >= 0.3 is 6.18 Å². The van der Waals surface area contributed by atoms with Gasteiger partial charge in [-0.1, -0.05) is 0 Å². The van der Waals surface area contributed by atoms with E-state index in [1.54, 1.807) is 6.92 Å². The van der Waals surface area contributed by atoms with Crippen LogP contribution >= 0.6 is 0 Å². The normalized spacial score (nSPS) is 20.2. The van der Waals surface area contributed by atoms with E-state index in [0.717, 1.165) is 62.4 Å². The van der Waals surface area contributed by atoms with Crippen molar-refractivity contribution >= 4 is 5.82 Å². The molecule has 1 saturated heterocycles. The molecular formula is C22H27F3N4O. The molecule has 30 heavy (non-hydrogen) atoms. The molecule has 1 aromatic carbocycles. The Morgan fingerprint density at radius 1 is 1.10 bits per heavy atom. The fourth-order valence-electron chi connectivity index (χ4n) is 4.67. The fourth-order valence-corrected chi connectivity index (χ4v) is 4.67. The SMILES string of the molecule is COc1cc(C(F)(F)F)cc(C)c1-c1cc2c(nn1)N([C@@H]1CCCN(C)C1)CCC2. The fraction of sp³-hybridized carbons (Fsp3) is 0.545. The number of nitrogens with zero attached hydrogens (tertiary/aromatic N) is 4. The van der Waals surface area contributed by atoms with Gasteiger partial charge in [-0.2, -0.15) is 13.2 Å². The highest BCUT2D eigenvalue weighted by atomic mass is 19.4. The lowest BCUT2D eigenvalue weighted by atomic mass is 9.96. The molecule has 0 bridgehead atoms. The summed E-state index contributed by atoms with van der Waals surface area (Å²) in [6.07, 6.45) is -0.203. The number of methoxy groups -OCH3 is 1. The second-order valence-corrected chi connectivity index (χ2v) is 8.30. The maximum absolute atomic E-state index is 13.2. The number of halogens is 3. The van der Waals surface area contributed by atoms with Gasteiger partial charge in [-0.15, -0.1) is 10.2 Å². The molecule has 1 fully saturated rings. The number of hydrogen-bond acceptors (Lipinski definition) is 5. The van der Waals surface area contributed by atoms with Gasteiger partial charge in [-0.25, -0.2) is 0 Å². The topological polar surface area (TPSA) is 41.5 Å². The third kappa shape index (κ3) is 3.97. The molecule has 0 saturated carbocycles. The van der Waals surface area contributed by atoms with Crippen LogP contribution in [0, 0.1) is 6.92 Å². The van der Waals surface area contributed by atoms with Gasteiger partial charge < -0.3 is 14.5 Å². The van der Waals surface area contributed by atoms with Crippen LogP contribution in [0.15, 0.2) is 18.2 Å². The third-order valence-electron chi connectivity index (χ3n) is 6.11. The number of ether oxygens (including phenoxy) is 1. The van der Waals surface area contributed by atoms with Crippen molar-refractivity contribution in [1.82, 2.24) is 15.1 Å². The van der Waals surface area contributed by atoms with E-state index in [2.05, 4.69) is 27.0 Å². The molecule has 0 radical (unpaired) electrons. The van der Waals surface area contributed by atoms with E-state index in [1.165, 1.54) is 13.5 Å². The zero-order valence-electron chi connectivity index (χ0n) is 17.6. The zero-order chi connectivity index (χ0) is 21.5. The Morgan fingerprint density at radius 2 is 1.90 bits per heavy atom. The number of anilines is 1. The standard InChI is InChI=1S/C22H27F3N4O/c1-14-10-16(22(23,24)25)12-19(30-3)20(14)18-11-15-6-4-9-29(21(15)27-26-18)17-7-5-8-28(2)13-17/h10-12,17H,4-9,13H2,1-3H3/t17-/m1/s1. The Morgan fingerprint density at radius 3 is 2.60 bits per heavy atom. The van der Waals surface area contributed by atoms with Crippen molar-refractivity contribution in [1.29, 1.82) is 0 Å². The number of hydrogen-bond donors (Lipinski definition) is 0. The van der Waals surface area contributed by atoms with Crippen molar-refractivity contribution in [3.05, 3.63) is 34.9 Å². The van der Waals surface area contributed by atoms with Gasteiger partial charge in [0.1, 0.15) is 5.75 Å². The van der Waals surface area contributed by atoms with Crippen LogP contribution in [0.1, 0.15) is 36.0 Å². The molecule has 0 aliphatic carbocycles. The molecule has 4 rings (SSSR count). The highest BCUT2D eigenvalue weighted by Crippen LogP contribution is 2.40. The zero-order valence-corrected chi connectivity index (χ0v) is 17.6. The Balaban J connectivity index is 1.71. The van der Waals surface area contributed by atoms with Crippen molar-refractivity contribution in [2.75, 3.05) is 38.7 Å². The van der Waals surface area contributed by atoms with Gasteiger partial charge in [0.25, 0.3) is 0 Å². The third-order valence-corrected chi connectivity index (χ3v) is 6.11. The number of piperidine rings is 1. The van der Waals surface area contributed by atoms with Gasteiger partial charge in [0.05, 0.1) is 18.4 Å². The van der Waals surface area contributed by atoms with Crippen LogP contribution in [0.5, 0.6) is 5.75 Å². The molecule has 0 amide bonds. The number of alkyl halides is 3. The molecule has 2 aliphatic heterocycles. The molecule has 0 N–H and O–H groups in total. The predicted octanol–water partition coefficient (Wildman–Crippen LogP) is 4.33. The molecular weight excluding hydrogens is 393 g/mol. The minimum atomic E-state index is -4.42. The summed E-state index contributed by atoms with van der Waals surface area (Å²) < 4.78 is 44.9. The van der Waals surface area contributed by atoms with Gasteiger partial charge in [0.2, 0.25) is 0 Å². The second kappa shape index (κ2) is 8.06. The summed E-state index contributed by atoms with van der Waals surface area (Å²) in [6.45, 7) is 4.74. The molecule has 0 unspecified atom stereocenters. The molecule has 2 aromatic rings. The monoisotopic (exact) mass is 420 g/mol. The average Bonchev–Trinajstić information content (AvgIpc) is 2.71. The summed E-state index contributed by atoms with van der Waals surface area (Å²) in [6, 6.07) is 4.57. The molecule has 5 nitrogen and oxygen atoms in total. The number of fused-ring (bicyclic) bond motifs is 1. The molecule has 1 aromatic heterocycles. The van der Waals surface area contributed by atoms with Crippen molar-refractivity contribution in [3.63, 3.8) is 0 Å². The van der Waals surface area contributed by atoms with E-state index in [4.69, 9.17) is 4.74 Å². The van der Waals surface area contributed by atoms with Crippen LogP contribution in [-0.2, 0) is 12.6 Å². The Kier molecular flexibility index (Phi) is 5.61. The van der Waals surface area contributed by atoms with E-state index >= 15 is 0 Å². The predicted molar refractivity (Wildman–Crippen MR) is 110 cm³/mol. The van der Waals surface area contributed by atoms with Crippen LogP contribution in [0.2, 0.25) is 0 Å². The second-order valence-electron chi connectivity index (χ2n) is 8.30. The van der Waals surface area contributed by atoms with Gasteiger partial charge in [0.15, 0.2) is 5.82 Å². The quantitative estimate of drug-likeness (QED) is 0.740. The van der Waals surface area contributed by atoms with Gasteiger partial charge in [0, 0.05) is 24.7 Å². The van der Waals surface area contributed by atoms with Gasteiger partial charge in [-0.05, 0) is 75.5 Å². The van der Waals surface area contributed by atoms with Crippen molar-refractivity contribution < 1.29 is 17.9 Å². The number of aromatic nitrogens is 2. The number of benzene rings is 1. The summed E-state index contributed by atoms with van der Waals surface area (Å²) in [5.74, 6) is 1.08. The minimum absolute atomic E-state index is 0.165. The molecule has 8 heteroatoms. The minimum Gasteiger partial charge on any atom is -0.496 e. The number of likely N-dealkylation sites (N-methyl/N-ethyl adjacent to an activating group) is 1. The van der Waals surface area contributed by atoms with E-state index < -0.39 is 11.7 Å². The lowest BCUT2D eigenvalue weighted by Gasteiger charge is -2.41. The highest BCUT2D eigenvalue weighted by Gasteiger charge is 2.33. The first-order valence-electron chi connectivity index (χ1n) is 10.4. The van der Waals surface area contributed by atoms with E-state index in [9.17, 15) is 13.2 Å². The van der Waals surface area contributed by atoms with Crippen LogP contribution in [0.3, 0.4) is 0 Å². The van der Waals surface area contributed by atoms with E-state index in [1.807, 2.05) is 6.07 Å². The first-order chi connectivity index (χ1) is 14.3. The lowest BCUT2D eigenvalue weighted by molar-refractivity contribution is -0.137. The maximum Gasteiger partial charge on any atom is 0.416 e. The molecule has 162 valence electrons. The highest BCUT2D eigenvalue weighted by molar-refractivity contribution is 5.73. The Labute approximate surface area is 174 Å². The first kappa shape index (κ1) is 20.9. The number of aryl methyl sites for hydroxylation is 2. The molecule has 3 heterocycles. The van der Waals surface area contributed by atoms with Crippen molar-refractivity contribution in [2.45, 2.75) is 44.8 Å². The van der Waals surface area contributed by atoms with Crippen LogP contribution in [-0.4, -0.2) is 54.9 Å². The lowest BCUT2D eigenvalue weighted by Crippen LogP contribution is -2.49. The Hall–Kier alpha value is -2.35. The Bertz CT molecular complexity index is 931. The first-order valence-corrected chi connectivity index (χ1v) is 10.4. The molecule has 2 aliphatic rings. The molecule has 1 atom stereocenters. The van der Waals surface area contributed by atoms with Crippen LogP contribution < -0.4 is 9.64 Å². The average molecular weight is 420 g/mol. The van der Waals surface area contributed by atoms with Crippen molar-refractivity contribution in [3.8, 4) is 17.0 Å². The van der Waals surface area contributed by atoms with Crippen molar-refractivity contribution in [2.24, 2.45) is 0 Å². The van der Waals surface area contributed by atoms with E-state index in [0.29, 0.717) is 22.9 Å². The van der Waals surface area contributed by atoms with Crippen LogP contribution in [0.25, 0.3) is 11.3 Å². The summed E-state index contributed by atoms with van der Waals surface area (Å²) in [5, 5.41) is 8.97. The van der Waals surface area contributed by atoms with Gasteiger partial charge in [-0.3, -0.25) is 0 Å². The summed E-state index contributed by atoms with van der Waals surface area (Å²) >= 11 is 0. The molecule has 0 spiro atoms. The summed E-state index contributed by atoms with van der Waals surface area (Å²) in [5.41, 5.74) is 1.96. The maximum atomic E-state index is 13.2. The van der Waals surface area contributed by atoms with E-state index in [-0.39, 0.29) is 5.75 Å². The largest absolute Gasteiger partial charge is 0.496 e. The summed E-state index contributed by atoms with van der Waals surface area (Å²) in [7, 11) is 3.52. The number of rotatable bonds is 3. The number of likely N-dealkylation sites (tertiary alicyclic amines) is 1. The van der Waals surface area contributed by atoms with Crippen LogP contribution in [0.4, 0.5) is 19.0 Å². The smallest absolute Gasteiger partial charge is 0.416 e. The summed E-state index contributed by atoms with van der Waals surface area (Å²) in [4.78, 5) is 4.71.